The number of amides is 1. The summed E-state index contributed by atoms with van der Waals surface area (Å²) in [6, 6.07) is 12.9. The molecule has 1 aliphatic heterocycles. The van der Waals surface area contributed by atoms with Crippen molar-refractivity contribution in [1.82, 2.24) is 5.32 Å². The van der Waals surface area contributed by atoms with Crippen molar-refractivity contribution >= 4 is 21.6 Å². The summed E-state index contributed by atoms with van der Waals surface area (Å²) in [6.07, 6.45) is 2.72. The van der Waals surface area contributed by atoms with Crippen LogP contribution in [0.2, 0.25) is 0 Å². The van der Waals surface area contributed by atoms with Gasteiger partial charge in [-0.05, 0) is 55.2 Å². The van der Waals surface area contributed by atoms with Crippen LogP contribution in [0.5, 0.6) is 11.5 Å². The van der Waals surface area contributed by atoms with Crippen molar-refractivity contribution in [1.29, 1.82) is 0 Å². The topological polar surface area (TPSA) is 84.9 Å². The lowest BCUT2D eigenvalue weighted by Gasteiger charge is -2.23. The van der Waals surface area contributed by atoms with Crippen LogP contribution >= 0.6 is 0 Å². The molecule has 3 rings (SSSR count). The molecule has 7 nitrogen and oxygen atoms in total. The fourth-order valence-electron chi connectivity index (χ4n) is 3.49. The van der Waals surface area contributed by atoms with Gasteiger partial charge in [-0.3, -0.25) is 9.10 Å². The Kier molecular flexibility index (Phi) is 7.43. The average molecular weight is 447 g/mol. The average Bonchev–Trinajstić information content (AvgIpc) is 2.75. The second-order valence-electron chi connectivity index (χ2n) is 7.65. The zero-order chi connectivity index (χ0) is 22.4. The molecule has 0 saturated heterocycles. The summed E-state index contributed by atoms with van der Waals surface area (Å²) < 4.78 is 37.0. The molecule has 8 heteroatoms. The SMILES string of the molecule is CCc1ccc(N(CCCC(=O)N[C@@H](C)c2ccc3c(c2)OCCO3)S(C)(=O)=O)cc1. The Morgan fingerprint density at radius 1 is 1.10 bits per heavy atom. The van der Waals surface area contributed by atoms with E-state index in [-0.39, 0.29) is 24.9 Å². The Bertz CT molecular complexity index is 1010. The van der Waals surface area contributed by atoms with Crippen molar-refractivity contribution in [3.63, 3.8) is 0 Å². The van der Waals surface area contributed by atoms with Crippen LogP contribution in [0.1, 0.15) is 43.9 Å². The van der Waals surface area contributed by atoms with Crippen LogP contribution in [0.4, 0.5) is 5.69 Å². The first kappa shape index (κ1) is 22.9. The van der Waals surface area contributed by atoms with E-state index in [1.807, 2.05) is 56.3 Å². The van der Waals surface area contributed by atoms with Crippen molar-refractivity contribution in [2.24, 2.45) is 0 Å². The number of ether oxygens (including phenoxy) is 2. The third-order valence-corrected chi connectivity index (χ3v) is 6.44. The Morgan fingerprint density at radius 3 is 2.42 bits per heavy atom. The predicted octanol–water partition coefficient (Wildman–Crippen LogP) is 3.44. The van der Waals surface area contributed by atoms with Crippen molar-refractivity contribution in [3.8, 4) is 11.5 Å². The molecule has 0 radical (unpaired) electrons. The van der Waals surface area contributed by atoms with Gasteiger partial charge < -0.3 is 14.8 Å². The summed E-state index contributed by atoms with van der Waals surface area (Å²) in [7, 11) is -3.43. The molecule has 2 aromatic rings. The van der Waals surface area contributed by atoms with Gasteiger partial charge in [0.05, 0.1) is 18.0 Å². The van der Waals surface area contributed by atoms with E-state index < -0.39 is 10.0 Å². The molecular formula is C23H30N2O5S. The predicted molar refractivity (Wildman–Crippen MR) is 121 cm³/mol. The molecule has 0 spiro atoms. The molecule has 1 N–H and O–H groups in total. The first-order chi connectivity index (χ1) is 14.8. The van der Waals surface area contributed by atoms with Crippen LogP contribution in [0, 0.1) is 0 Å². The number of carbonyl (C=O) groups excluding carboxylic acids is 1. The van der Waals surface area contributed by atoms with E-state index in [0.717, 1.165) is 17.5 Å². The largest absolute Gasteiger partial charge is 0.486 e. The molecule has 1 atom stereocenters. The number of benzene rings is 2. The van der Waals surface area contributed by atoms with Crippen LogP contribution in [0.3, 0.4) is 0 Å². The summed E-state index contributed by atoms with van der Waals surface area (Å²) in [4.78, 5) is 12.4. The van der Waals surface area contributed by atoms with Crippen molar-refractivity contribution in [2.75, 3.05) is 30.3 Å². The minimum Gasteiger partial charge on any atom is -0.486 e. The lowest BCUT2D eigenvalue weighted by Crippen LogP contribution is -2.32. The minimum absolute atomic E-state index is 0.128. The molecule has 168 valence electrons. The van der Waals surface area contributed by atoms with Crippen molar-refractivity contribution < 1.29 is 22.7 Å². The molecule has 0 saturated carbocycles. The molecule has 0 aliphatic carbocycles. The molecule has 1 heterocycles. The number of hydrogen-bond acceptors (Lipinski definition) is 5. The molecule has 0 aromatic heterocycles. The third kappa shape index (κ3) is 6.13. The van der Waals surface area contributed by atoms with Gasteiger partial charge in [0.1, 0.15) is 13.2 Å². The standard InChI is InChI=1S/C23H30N2O5S/c1-4-18-7-10-20(11-8-18)25(31(3,27)28)13-5-6-23(26)24-17(2)19-9-12-21-22(16-19)30-15-14-29-21/h7-12,16-17H,4-6,13-15H2,1-3H3,(H,24,26)/t17-/m0/s1. The van der Waals surface area contributed by atoms with E-state index >= 15 is 0 Å². The van der Waals surface area contributed by atoms with Gasteiger partial charge in [0.25, 0.3) is 0 Å². The Morgan fingerprint density at radius 2 is 1.77 bits per heavy atom. The van der Waals surface area contributed by atoms with E-state index in [9.17, 15) is 13.2 Å². The number of nitrogens with zero attached hydrogens (tertiary/aromatic N) is 1. The molecule has 0 fully saturated rings. The summed E-state index contributed by atoms with van der Waals surface area (Å²) in [5, 5.41) is 2.97. The second-order valence-corrected chi connectivity index (χ2v) is 9.56. The molecule has 0 unspecified atom stereocenters. The van der Waals surface area contributed by atoms with Crippen LogP contribution in [-0.2, 0) is 21.2 Å². The highest BCUT2D eigenvalue weighted by Gasteiger charge is 2.19. The lowest BCUT2D eigenvalue weighted by atomic mass is 10.1. The molecule has 31 heavy (non-hydrogen) atoms. The van der Waals surface area contributed by atoms with Gasteiger partial charge in [0.2, 0.25) is 15.9 Å². The highest BCUT2D eigenvalue weighted by Crippen LogP contribution is 2.32. The van der Waals surface area contributed by atoms with Crippen molar-refractivity contribution in [2.45, 2.75) is 39.2 Å². The van der Waals surface area contributed by atoms with E-state index in [0.29, 0.717) is 36.8 Å². The first-order valence-corrected chi connectivity index (χ1v) is 12.4. The Hall–Kier alpha value is -2.74. The number of nitrogens with one attached hydrogen (secondary N) is 1. The maximum Gasteiger partial charge on any atom is 0.232 e. The molecule has 1 aliphatic rings. The fraction of sp³-hybridized carbons (Fsp3) is 0.435. The maximum atomic E-state index is 12.4. The van der Waals surface area contributed by atoms with Gasteiger partial charge in [-0.15, -0.1) is 0 Å². The summed E-state index contributed by atoms with van der Waals surface area (Å²) in [5.41, 5.74) is 2.68. The lowest BCUT2D eigenvalue weighted by molar-refractivity contribution is -0.121. The van der Waals surface area contributed by atoms with Crippen LogP contribution in [0.25, 0.3) is 0 Å². The van der Waals surface area contributed by atoms with Gasteiger partial charge >= 0.3 is 0 Å². The monoisotopic (exact) mass is 446 g/mol. The number of rotatable bonds is 9. The number of carbonyl (C=O) groups is 1. The Balaban J connectivity index is 1.55. The number of anilines is 1. The third-order valence-electron chi connectivity index (χ3n) is 5.24. The second kappa shape index (κ2) is 10.0. The quantitative estimate of drug-likeness (QED) is 0.638. The number of fused-ring (bicyclic) bond motifs is 1. The summed E-state index contributed by atoms with van der Waals surface area (Å²) in [6.45, 7) is 5.24. The summed E-state index contributed by atoms with van der Waals surface area (Å²) in [5.74, 6) is 1.27. The van der Waals surface area contributed by atoms with Gasteiger partial charge in [-0.2, -0.15) is 0 Å². The van der Waals surface area contributed by atoms with Crippen LogP contribution in [0.15, 0.2) is 42.5 Å². The highest BCUT2D eigenvalue weighted by atomic mass is 32.2. The zero-order valence-electron chi connectivity index (χ0n) is 18.3. The smallest absolute Gasteiger partial charge is 0.232 e. The highest BCUT2D eigenvalue weighted by molar-refractivity contribution is 7.92. The maximum absolute atomic E-state index is 12.4. The molecule has 1 amide bonds. The first-order valence-electron chi connectivity index (χ1n) is 10.5. The van der Waals surface area contributed by atoms with E-state index in [1.54, 1.807) is 0 Å². The number of hydrogen-bond donors (Lipinski definition) is 1. The fourth-order valence-corrected chi connectivity index (χ4v) is 4.46. The van der Waals surface area contributed by atoms with E-state index in [1.165, 1.54) is 10.6 Å². The zero-order valence-corrected chi connectivity index (χ0v) is 19.1. The molecule has 2 aromatic carbocycles. The van der Waals surface area contributed by atoms with Crippen LogP contribution < -0.4 is 19.1 Å². The normalized spacial score (nSPS) is 14.0. The molecular weight excluding hydrogens is 416 g/mol. The minimum atomic E-state index is -3.43. The number of aryl methyl sites for hydroxylation is 1. The van der Waals surface area contributed by atoms with Crippen molar-refractivity contribution in [3.05, 3.63) is 53.6 Å². The molecule has 0 bridgehead atoms. The van der Waals surface area contributed by atoms with E-state index in [4.69, 9.17) is 9.47 Å². The number of sulfonamides is 1. The Labute approximate surface area is 184 Å². The van der Waals surface area contributed by atoms with Gasteiger partial charge in [-0.1, -0.05) is 25.1 Å². The van der Waals surface area contributed by atoms with Gasteiger partial charge in [-0.25, -0.2) is 8.42 Å². The van der Waals surface area contributed by atoms with E-state index in [2.05, 4.69) is 5.32 Å². The van der Waals surface area contributed by atoms with Gasteiger partial charge in [0.15, 0.2) is 11.5 Å². The van der Waals surface area contributed by atoms with Gasteiger partial charge in [0, 0.05) is 13.0 Å². The summed E-state index contributed by atoms with van der Waals surface area (Å²) >= 11 is 0. The van der Waals surface area contributed by atoms with Crippen LogP contribution in [-0.4, -0.2) is 40.3 Å².